The van der Waals surface area contributed by atoms with Gasteiger partial charge in [-0.3, -0.25) is 9.10 Å². The molecule has 5 nitrogen and oxygen atoms in total. The minimum Gasteiger partial charge on any atom is -0.343 e. The van der Waals surface area contributed by atoms with E-state index in [-0.39, 0.29) is 11.8 Å². The van der Waals surface area contributed by atoms with Crippen molar-refractivity contribution in [3.8, 4) is 0 Å². The highest BCUT2D eigenvalue weighted by atomic mass is 32.2. The molecular weight excluding hydrogens is 288 g/mol. The molecule has 0 aromatic heterocycles. The molecule has 2 heterocycles. The standard InChI is InChI=1S/C15H20N2O3S/c1-21(19,20)17-11-12(13-5-2-3-6-14(13)17)8-10-16-9-4-7-15(16)18/h2-3,5-6,12H,4,7-11H2,1H3/t12-/m0/s1. The molecule has 21 heavy (non-hydrogen) atoms. The molecule has 0 unspecified atom stereocenters. The molecule has 1 atom stereocenters. The average Bonchev–Trinajstić information content (AvgIpc) is 3.00. The SMILES string of the molecule is CS(=O)(=O)N1C[C@H](CCN2CCCC2=O)c2ccccc21. The molecule has 0 radical (unpaired) electrons. The Balaban J connectivity index is 1.77. The Kier molecular flexibility index (Phi) is 3.65. The van der Waals surface area contributed by atoms with Gasteiger partial charge in [-0.05, 0) is 24.5 Å². The van der Waals surface area contributed by atoms with E-state index in [1.165, 1.54) is 10.6 Å². The average molecular weight is 308 g/mol. The zero-order valence-corrected chi connectivity index (χ0v) is 13.0. The fourth-order valence-electron chi connectivity index (χ4n) is 3.27. The number of benzene rings is 1. The molecule has 0 aliphatic carbocycles. The fourth-order valence-corrected chi connectivity index (χ4v) is 4.24. The third-order valence-electron chi connectivity index (χ3n) is 4.35. The van der Waals surface area contributed by atoms with Crippen molar-refractivity contribution in [2.24, 2.45) is 0 Å². The summed E-state index contributed by atoms with van der Waals surface area (Å²) in [5.74, 6) is 0.394. The summed E-state index contributed by atoms with van der Waals surface area (Å²) >= 11 is 0. The highest BCUT2D eigenvalue weighted by Gasteiger charge is 2.33. The van der Waals surface area contributed by atoms with E-state index in [0.29, 0.717) is 13.0 Å². The molecule has 2 aliphatic heterocycles. The highest BCUT2D eigenvalue weighted by molar-refractivity contribution is 7.92. The monoisotopic (exact) mass is 308 g/mol. The van der Waals surface area contributed by atoms with Crippen LogP contribution in [-0.4, -0.2) is 45.1 Å². The quantitative estimate of drug-likeness (QED) is 0.848. The summed E-state index contributed by atoms with van der Waals surface area (Å²) in [5.41, 5.74) is 1.87. The van der Waals surface area contributed by atoms with Crippen LogP contribution in [0.25, 0.3) is 0 Å². The molecule has 1 aromatic rings. The van der Waals surface area contributed by atoms with Gasteiger partial charge in [0, 0.05) is 32.0 Å². The van der Waals surface area contributed by atoms with Crippen LogP contribution in [0.4, 0.5) is 5.69 Å². The number of rotatable bonds is 4. The number of likely N-dealkylation sites (tertiary alicyclic amines) is 1. The molecule has 6 heteroatoms. The van der Waals surface area contributed by atoms with Gasteiger partial charge < -0.3 is 4.90 Å². The molecule has 1 saturated heterocycles. The Hall–Kier alpha value is -1.56. The topological polar surface area (TPSA) is 57.7 Å². The second-order valence-corrected chi connectivity index (χ2v) is 7.73. The summed E-state index contributed by atoms with van der Waals surface area (Å²) in [6, 6.07) is 7.66. The van der Waals surface area contributed by atoms with Gasteiger partial charge in [0.05, 0.1) is 11.9 Å². The minimum atomic E-state index is -3.24. The van der Waals surface area contributed by atoms with Crippen LogP contribution in [0.15, 0.2) is 24.3 Å². The first-order valence-corrected chi connectivity index (χ1v) is 9.16. The van der Waals surface area contributed by atoms with Gasteiger partial charge in [0.2, 0.25) is 15.9 Å². The Morgan fingerprint density at radius 2 is 2.05 bits per heavy atom. The van der Waals surface area contributed by atoms with Crippen LogP contribution in [0.5, 0.6) is 0 Å². The summed E-state index contributed by atoms with van der Waals surface area (Å²) in [6.07, 6.45) is 3.65. The highest BCUT2D eigenvalue weighted by Crippen LogP contribution is 2.39. The number of nitrogens with zero attached hydrogens (tertiary/aromatic N) is 2. The first-order chi connectivity index (χ1) is 9.97. The van der Waals surface area contributed by atoms with Crippen LogP contribution in [0.3, 0.4) is 0 Å². The Bertz CT molecular complexity index is 657. The molecule has 1 fully saturated rings. The van der Waals surface area contributed by atoms with E-state index in [0.717, 1.165) is 37.2 Å². The van der Waals surface area contributed by atoms with Crippen LogP contribution in [0.1, 0.15) is 30.7 Å². The summed E-state index contributed by atoms with van der Waals surface area (Å²) in [5, 5.41) is 0. The Morgan fingerprint density at radius 1 is 1.29 bits per heavy atom. The van der Waals surface area contributed by atoms with Crippen molar-refractivity contribution < 1.29 is 13.2 Å². The van der Waals surface area contributed by atoms with Gasteiger partial charge in [-0.15, -0.1) is 0 Å². The number of amides is 1. The molecule has 0 saturated carbocycles. The van der Waals surface area contributed by atoms with Crippen molar-refractivity contribution in [3.63, 3.8) is 0 Å². The lowest BCUT2D eigenvalue weighted by molar-refractivity contribution is -0.127. The molecule has 0 bridgehead atoms. The van der Waals surface area contributed by atoms with Gasteiger partial charge in [0.25, 0.3) is 0 Å². The predicted octanol–water partition coefficient (Wildman–Crippen LogP) is 1.56. The van der Waals surface area contributed by atoms with Crippen molar-refractivity contribution in [2.75, 3.05) is 30.2 Å². The lowest BCUT2D eigenvalue weighted by Crippen LogP contribution is -2.30. The van der Waals surface area contributed by atoms with Gasteiger partial charge in [-0.1, -0.05) is 18.2 Å². The van der Waals surface area contributed by atoms with Gasteiger partial charge in [-0.2, -0.15) is 0 Å². The first kappa shape index (κ1) is 14.4. The molecule has 1 aromatic carbocycles. The van der Waals surface area contributed by atoms with Crippen LogP contribution < -0.4 is 4.31 Å². The van der Waals surface area contributed by atoms with E-state index >= 15 is 0 Å². The molecule has 2 aliphatic rings. The predicted molar refractivity (Wildman–Crippen MR) is 81.8 cm³/mol. The van der Waals surface area contributed by atoms with Crippen molar-refractivity contribution >= 4 is 21.6 Å². The van der Waals surface area contributed by atoms with Crippen LogP contribution in [-0.2, 0) is 14.8 Å². The normalized spacial score (nSPS) is 22.0. The summed E-state index contributed by atoms with van der Waals surface area (Å²) in [6.45, 7) is 2.04. The van der Waals surface area contributed by atoms with Crippen molar-refractivity contribution in [2.45, 2.75) is 25.2 Å². The van der Waals surface area contributed by atoms with E-state index < -0.39 is 10.0 Å². The molecule has 1 amide bonds. The third kappa shape index (κ3) is 2.77. The number of anilines is 1. The summed E-state index contributed by atoms with van der Waals surface area (Å²) < 4.78 is 25.3. The lowest BCUT2D eigenvalue weighted by Gasteiger charge is -2.19. The minimum absolute atomic E-state index is 0.171. The van der Waals surface area contributed by atoms with Crippen LogP contribution in [0, 0.1) is 0 Å². The van der Waals surface area contributed by atoms with Crippen LogP contribution in [0.2, 0.25) is 0 Å². The maximum Gasteiger partial charge on any atom is 0.232 e. The van der Waals surface area contributed by atoms with E-state index in [4.69, 9.17) is 0 Å². The van der Waals surface area contributed by atoms with E-state index in [1.54, 1.807) is 0 Å². The number of carbonyl (C=O) groups is 1. The van der Waals surface area contributed by atoms with Crippen molar-refractivity contribution in [3.05, 3.63) is 29.8 Å². The third-order valence-corrected chi connectivity index (χ3v) is 5.50. The van der Waals surface area contributed by atoms with Crippen molar-refractivity contribution in [1.29, 1.82) is 0 Å². The van der Waals surface area contributed by atoms with E-state index in [1.807, 2.05) is 29.2 Å². The zero-order chi connectivity index (χ0) is 15.0. The Morgan fingerprint density at radius 3 is 2.71 bits per heavy atom. The zero-order valence-electron chi connectivity index (χ0n) is 12.2. The summed E-state index contributed by atoms with van der Waals surface area (Å²) in [4.78, 5) is 13.6. The van der Waals surface area contributed by atoms with Gasteiger partial charge in [-0.25, -0.2) is 8.42 Å². The summed E-state index contributed by atoms with van der Waals surface area (Å²) in [7, 11) is -3.24. The number of carbonyl (C=O) groups excluding carboxylic acids is 1. The molecule has 114 valence electrons. The number of fused-ring (bicyclic) bond motifs is 1. The number of hydrogen-bond acceptors (Lipinski definition) is 3. The second kappa shape index (κ2) is 5.33. The van der Waals surface area contributed by atoms with E-state index in [2.05, 4.69) is 0 Å². The number of para-hydroxylation sites is 1. The van der Waals surface area contributed by atoms with Gasteiger partial charge in [0.1, 0.15) is 0 Å². The Labute approximate surface area is 125 Å². The maximum absolute atomic E-state index is 11.9. The van der Waals surface area contributed by atoms with Gasteiger partial charge >= 0.3 is 0 Å². The largest absolute Gasteiger partial charge is 0.343 e. The number of hydrogen-bond donors (Lipinski definition) is 0. The lowest BCUT2D eigenvalue weighted by atomic mass is 9.98. The van der Waals surface area contributed by atoms with E-state index in [9.17, 15) is 13.2 Å². The maximum atomic E-state index is 11.9. The molecule has 0 spiro atoms. The fraction of sp³-hybridized carbons (Fsp3) is 0.533. The smallest absolute Gasteiger partial charge is 0.232 e. The molecule has 3 rings (SSSR count). The molecule has 0 N–H and O–H groups in total. The first-order valence-electron chi connectivity index (χ1n) is 7.31. The molecular formula is C15H20N2O3S. The number of sulfonamides is 1. The van der Waals surface area contributed by atoms with Gasteiger partial charge in [0.15, 0.2) is 0 Å². The van der Waals surface area contributed by atoms with Crippen molar-refractivity contribution in [1.82, 2.24) is 4.90 Å². The van der Waals surface area contributed by atoms with Crippen LogP contribution >= 0.6 is 0 Å². The second-order valence-electron chi connectivity index (χ2n) is 5.82.